The van der Waals surface area contributed by atoms with Crippen molar-refractivity contribution in [3.05, 3.63) is 65.2 Å². The number of aliphatic hydroxyl groups is 1. The zero-order valence-electron chi connectivity index (χ0n) is 24.2. The van der Waals surface area contributed by atoms with Gasteiger partial charge in [-0.2, -0.15) is 0 Å². The van der Waals surface area contributed by atoms with Gasteiger partial charge >= 0.3 is 0 Å². The highest BCUT2D eigenvalue weighted by molar-refractivity contribution is 8.00. The van der Waals surface area contributed by atoms with Crippen LogP contribution in [-0.2, 0) is 25.5 Å². The molecule has 2 fully saturated rings. The molecular weight excluding hydrogens is 542 g/mol. The number of hydrogen-bond acceptors (Lipinski definition) is 7. The number of nitrogens with one attached hydrogen (secondary N) is 2. The van der Waals surface area contributed by atoms with Crippen molar-refractivity contribution in [1.29, 1.82) is 0 Å². The van der Waals surface area contributed by atoms with Crippen LogP contribution in [0, 0.1) is 13.8 Å². The van der Waals surface area contributed by atoms with Crippen LogP contribution in [-0.4, -0.2) is 82.4 Å². The van der Waals surface area contributed by atoms with E-state index in [1.807, 2.05) is 76.2 Å². The van der Waals surface area contributed by atoms with Gasteiger partial charge in [0.05, 0.1) is 18.0 Å². The fourth-order valence-corrected chi connectivity index (χ4v) is 6.53. The van der Waals surface area contributed by atoms with E-state index in [9.17, 15) is 19.5 Å². The maximum absolute atomic E-state index is 13.8. The summed E-state index contributed by atoms with van der Waals surface area (Å²) in [5.74, 6) is -0.448. The summed E-state index contributed by atoms with van der Waals surface area (Å²) in [7, 11) is 0. The Kier molecular flexibility index (Phi) is 10.3. The van der Waals surface area contributed by atoms with Crippen molar-refractivity contribution in [3.63, 3.8) is 0 Å². The van der Waals surface area contributed by atoms with Crippen LogP contribution >= 0.6 is 11.8 Å². The lowest BCUT2D eigenvalue weighted by Crippen LogP contribution is -2.59. The molecule has 222 valence electrons. The molecule has 0 saturated carbocycles. The Labute approximate surface area is 246 Å². The fourth-order valence-electron chi connectivity index (χ4n) is 5.39. The van der Waals surface area contributed by atoms with Gasteiger partial charge in [-0.15, -0.1) is 11.8 Å². The van der Waals surface area contributed by atoms with Gasteiger partial charge in [-0.05, 0) is 63.6 Å². The quantitative estimate of drug-likeness (QED) is 0.373. The van der Waals surface area contributed by atoms with Crippen LogP contribution < -0.4 is 15.4 Å². The molecule has 2 heterocycles. The SMILES string of the molecule is Cc1cccc(C)c1OCC(=O)NC(Cc1ccccc1)C(O)C(=O)N1CSC(C)(C)C1C(=O)NCC1CCCO1. The largest absolute Gasteiger partial charge is 0.483 e. The standard InChI is InChI=1S/C31H41N3O6S/c1-20-10-8-11-21(2)27(20)40-18-25(35)33-24(16-22-12-6-5-7-13-22)26(36)30(38)34-19-41-31(3,4)28(34)29(37)32-17-23-14-9-15-39-23/h5-8,10-13,23-24,26,28,36H,9,14-19H2,1-4H3,(H,32,37)(H,33,35). The first-order valence-electron chi connectivity index (χ1n) is 14.1. The third-order valence-electron chi connectivity index (χ3n) is 7.64. The summed E-state index contributed by atoms with van der Waals surface area (Å²) < 4.78 is 10.9. The second-order valence-electron chi connectivity index (χ2n) is 11.3. The Morgan fingerprint density at radius 2 is 1.83 bits per heavy atom. The van der Waals surface area contributed by atoms with E-state index in [1.165, 1.54) is 16.7 Å². The van der Waals surface area contributed by atoms with Crippen LogP contribution in [0.2, 0.25) is 0 Å². The third-order valence-corrected chi connectivity index (χ3v) is 9.02. The van der Waals surface area contributed by atoms with Gasteiger partial charge in [0.25, 0.3) is 11.8 Å². The highest BCUT2D eigenvalue weighted by Crippen LogP contribution is 2.40. The second kappa shape index (κ2) is 13.7. The smallest absolute Gasteiger partial charge is 0.258 e. The number of para-hydroxylation sites is 1. The van der Waals surface area contributed by atoms with Gasteiger partial charge in [0, 0.05) is 17.9 Å². The lowest BCUT2D eigenvalue weighted by atomic mass is 9.97. The van der Waals surface area contributed by atoms with Gasteiger partial charge in [-0.3, -0.25) is 14.4 Å². The fraction of sp³-hybridized carbons (Fsp3) is 0.516. The van der Waals surface area contributed by atoms with E-state index in [0.717, 1.165) is 29.5 Å². The summed E-state index contributed by atoms with van der Waals surface area (Å²) in [6.07, 6.45) is 0.484. The highest BCUT2D eigenvalue weighted by Gasteiger charge is 2.49. The molecule has 2 saturated heterocycles. The summed E-state index contributed by atoms with van der Waals surface area (Å²) in [4.78, 5) is 41.5. The summed E-state index contributed by atoms with van der Waals surface area (Å²) in [6.45, 7) is 8.45. The third kappa shape index (κ3) is 7.81. The van der Waals surface area contributed by atoms with Gasteiger partial charge in [0.1, 0.15) is 11.8 Å². The van der Waals surface area contributed by atoms with E-state index in [4.69, 9.17) is 9.47 Å². The topological polar surface area (TPSA) is 117 Å². The molecule has 0 bridgehead atoms. The van der Waals surface area contributed by atoms with E-state index < -0.39 is 34.7 Å². The second-order valence-corrected chi connectivity index (χ2v) is 12.9. The zero-order chi connectivity index (χ0) is 29.6. The van der Waals surface area contributed by atoms with Crippen molar-refractivity contribution in [2.24, 2.45) is 0 Å². The maximum Gasteiger partial charge on any atom is 0.258 e. The van der Waals surface area contributed by atoms with Crippen LogP contribution in [0.1, 0.15) is 43.4 Å². The van der Waals surface area contributed by atoms with Crippen molar-refractivity contribution in [2.45, 2.75) is 76.0 Å². The number of aryl methyl sites for hydroxylation is 2. The molecule has 2 aliphatic heterocycles. The number of aliphatic hydroxyl groups excluding tert-OH is 1. The molecule has 0 aliphatic carbocycles. The first-order valence-corrected chi connectivity index (χ1v) is 15.1. The van der Waals surface area contributed by atoms with Gasteiger partial charge in [-0.25, -0.2) is 0 Å². The van der Waals surface area contributed by atoms with Crippen molar-refractivity contribution < 1.29 is 29.0 Å². The van der Waals surface area contributed by atoms with Crippen LogP contribution in [0.4, 0.5) is 0 Å². The number of rotatable bonds is 11. The van der Waals surface area contributed by atoms with E-state index in [2.05, 4.69) is 10.6 Å². The molecule has 4 unspecified atom stereocenters. The predicted molar refractivity (Wildman–Crippen MR) is 159 cm³/mol. The molecule has 4 rings (SSSR count). The van der Waals surface area contributed by atoms with Crippen molar-refractivity contribution >= 4 is 29.5 Å². The number of amides is 3. The number of thioether (sulfide) groups is 1. The van der Waals surface area contributed by atoms with E-state index >= 15 is 0 Å². The number of hydrogen-bond donors (Lipinski definition) is 3. The monoisotopic (exact) mass is 583 g/mol. The van der Waals surface area contributed by atoms with E-state index in [1.54, 1.807) is 0 Å². The lowest BCUT2D eigenvalue weighted by molar-refractivity contribution is -0.148. The summed E-state index contributed by atoms with van der Waals surface area (Å²) >= 11 is 1.48. The lowest BCUT2D eigenvalue weighted by Gasteiger charge is -2.33. The molecule has 0 spiro atoms. The zero-order valence-corrected chi connectivity index (χ0v) is 25.0. The normalized spacial score (nSPS) is 21.2. The summed E-state index contributed by atoms with van der Waals surface area (Å²) in [5, 5.41) is 17.2. The average molecular weight is 584 g/mol. The van der Waals surface area contributed by atoms with Crippen LogP contribution in [0.3, 0.4) is 0 Å². The molecule has 0 aromatic heterocycles. The van der Waals surface area contributed by atoms with Gasteiger partial charge in [-0.1, -0.05) is 48.5 Å². The first kappa shape index (κ1) is 30.9. The maximum atomic E-state index is 13.8. The molecule has 3 amide bonds. The minimum atomic E-state index is -1.57. The number of nitrogens with zero attached hydrogens (tertiary/aromatic N) is 1. The van der Waals surface area contributed by atoms with Crippen LogP contribution in [0.15, 0.2) is 48.5 Å². The van der Waals surface area contributed by atoms with E-state index in [0.29, 0.717) is 18.9 Å². The highest BCUT2D eigenvalue weighted by atomic mass is 32.2. The molecule has 2 aliphatic rings. The molecule has 41 heavy (non-hydrogen) atoms. The Balaban J connectivity index is 1.47. The number of carbonyl (C=O) groups excluding carboxylic acids is 3. The van der Waals surface area contributed by atoms with Crippen molar-refractivity contribution in [2.75, 3.05) is 25.6 Å². The molecule has 10 heteroatoms. The number of carbonyl (C=O) groups is 3. The number of ether oxygens (including phenoxy) is 2. The Morgan fingerprint density at radius 3 is 2.49 bits per heavy atom. The first-order chi connectivity index (χ1) is 19.6. The van der Waals surface area contributed by atoms with Crippen LogP contribution in [0.5, 0.6) is 5.75 Å². The Bertz CT molecular complexity index is 1200. The van der Waals surface area contributed by atoms with Gasteiger partial charge in [0.15, 0.2) is 12.7 Å². The minimum absolute atomic E-state index is 0.0259. The Morgan fingerprint density at radius 1 is 1.12 bits per heavy atom. The Hall–Kier alpha value is -3.08. The summed E-state index contributed by atoms with van der Waals surface area (Å²) in [6, 6.07) is 13.4. The molecule has 2 aromatic rings. The van der Waals surface area contributed by atoms with Crippen LogP contribution in [0.25, 0.3) is 0 Å². The van der Waals surface area contributed by atoms with Crippen molar-refractivity contribution in [1.82, 2.24) is 15.5 Å². The van der Waals surface area contributed by atoms with Crippen molar-refractivity contribution in [3.8, 4) is 5.75 Å². The molecule has 4 atom stereocenters. The predicted octanol–water partition coefficient (Wildman–Crippen LogP) is 2.75. The average Bonchev–Trinajstić information content (AvgIpc) is 3.58. The van der Waals surface area contributed by atoms with E-state index in [-0.39, 0.29) is 30.9 Å². The molecule has 3 N–H and O–H groups in total. The number of benzene rings is 2. The molecule has 9 nitrogen and oxygen atoms in total. The van der Waals surface area contributed by atoms with Gasteiger partial charge in [0.2, 0.25) is 5.91 Å². The molecular formula is C31H41N3O6S. The molecule has 2 aromatic carbocycles. The minimum Gasteiger partial charge on any atom is -0.483 e. The summed E-state index contributed by atoms with van der Waals surface area (Å²) in [5.41, 5.74) is 2.67. The molecule has 0 radical (unpaired) electrons. The van der Waals surface area contributed by atoms with Gasteiger partial charge < -0.3 is 30.1 Å².